The van der Waals surface area contributed by atoms with Crippen LogP contribution in [0.15, 0.2) is 53.5 Å². The molecule has 2 aromatic carbocycles. The van der Waals surface area contributed by atoms with Gasteiger partial charge in [0.05, 0.1) is 13.2 Å². The summed E-state index contributed by atoms with van der Waals surface area (Å²) < 4.78 is 11.6. The van der Waals surface area contributed by atoms with Gasteiger partial charge in [0.15, 0.2) is 5.96 Å². The van der Waals surface area contributed by atoms with Crippen molar-refractivity contribution in [1.29, 1.82) is 0 Å². The SMILES string of the molecule is CN=C(NCCC(=O)NCc1ccccc1)NCc1ccc(C)cc1OCC1CCOC1.I. The molecule has 2 aromatic rings. The zero-order chi connectivity index (χ0) is 22.6. The number of aryl methyl sites for hydroxylation is 1. The lowest BCUT2D eigenvalue weighted by atomic mass is 10.1. The van der Waals surface area contributed by atoms with Gasteiger partial charge in [-0.3, -0.25) is 9.79 Å². The molecule has 0 radical (unpaired) electrons. The highest BCUT2D eigenvalue weighted by Gasteiger charge is 2.17. The molecule has 33 heavy (non-hydrogen) atoms. The van der Waals surface area contributed by atoms with Crippen molar-refractivity contribution < 1.29 is 14.3 Å². The van der Waals surface area contributed by atoms with Gasteiger partial charge < -0.3 is 25.4 Å². The van der Waals surface area contributed by atoms with Crippen molar-refractivity contribution in [2.24, 2.45) is 10.9 Å². The Labute approximate surface area is 213 Å². The number of carbonyl (C=O) groups is 1. The number of nitrogens with zero attached hydrogens (tertiary/aromatic N) is 1. The molecular weight excluding hydrogens is 531 g/mol. The number of carbonyl (C=O) groups excluding carboxylic acids is 1. The van der Waals surface area contributed by atoms with Crippen molar-refractivity contribution >= 4 is 35.8 Å². The first-order valence-corrected chi connectivity index (χ1v) is 11.2. The minimum absolute atomic E-state index is 0. The number of benzene rings is 2. The van der Waals surface area contributed by atoms with E-state index in [1.807, 2.05) is 30.3 Å². The van der Waals surface area contributed by atoms with Crippen molar-refractivity contribution in [2.45, 2.75) is 32.9 Å². The van der Waals surface area contributed by atoms with E-state index in [-0.39, 0.29) is 29.9 Å². The van der Waals surface area contributed by atoms with Gasteiger partial charge >= 0.3 is 0 Å². The first kappa shape index (κ1) is 26.9. The Balaban J connectivity index is 0.00000385. The lowest BCUT2D eigenvalue weighted by Gasteiger charge is -2.17. The maximum atomic E-state index is 12.1. The average Bonchev–Trinajstić information content (AvgIpc) is 3.34. The summed E-state index contributed by atoms with van der Waals surface area (Å²) in [6.45, 7) is 5.94. The maximum Gasteiger partial charge on any atom is 0.222 e. The van der Waals surface area contributed by atoms with E-state index in [0.717, 1.165) is 42.1 Å². The van der Waals surface area contributed by atoms with Crippen LogP contribution in [-0.2, 0) is 22.6 Å². The van der Waals surface area contributed by atoms with E-state index in [9.17, 15) is 4.79 Å². The molecule has 8 heteroatoms. The standard InChI is InChI=1S/C25H34N4O3.HI/c1-19-8-9-22(23(14-19)32-18-21-11-13-31-17-21)16-29-25(26-2)27-12-10-24(30)28-15-20-6-4-3-5-7-20;/h3-9,14,21H,10-13,15-18H2,1-2H3,(H,28,30)(H2,26,27,29);1H. The lowest BCUT2D eigenvalue weighted by Crippen LogP contribution is -2.39. The van der Waals surface area contributed by atoms with Crippen LogP contribution in [0.3, 0.4) is 0 Å². The summed E-state index contributed by atoms with van der Waals surface area (Å²) in [6, 6.07) is 16.1. The number of amides is 1. The summed E-state index contributed by atoms with van der Waals surface area (Å²) in [4.78, 5) is 16.3. The fourth-order valence-electron chi connectivity index (χ4n) is 3.44. The van der Waals surface area contributed by atoms with Crippen LogP contribution in [0, 0.1) is 12.8 Å². The van der Waals surface area contributed by atoms with E-state index < -0.39 is 0 Å². The molecule has 1 aliphatic rings. The fraction of sp³-hybridized carbons (Fsp3) is 0.440. The number of halogens is 1. The third-order valence-electron chi connectivity index (χ3n) is 5.37. The van der Waals surface area contributed by atoms with E-state index in [2.05, 4.69) is 46.1 Å². The number of ether oxygens (including phenoxy) is 2. The van der Waals surface area contributed by atoms with Crippen molar-refractivity contribution in [2.75, 3.05) is 33.4 Å². The van der Waals surface area contributed by atoms with E-state index in [1.54, 1.807) is 7.05 Å². The Hall–Kier alpha value is -2.33. The normalized spacial score (nSPS) is 15.5. The molecule has 3 N–H and O–H groups in total. The number of hydrogen-bond acceptors (Lipinski definition) is 4. The predicted octanol–water partition coefficient (Wildman–Crippen LogP) is 3.40. The second kappa shape index (κ2) is 14.7. The summed E-state index contributed by atoms with van der Waals surface area (Å²) in [7, 11) is 1.72. The minimum Gasteiger partial charge on any atom is -0.493 e. The third-order valence-corrected chi connectivity index (χ3v) is 5.37. The molecule has 1 heterocycles. The predicted molar refractivity (Wildman–Crippen MR) is 142 cm³/mol. The minimum atomic E-state index is 0. The van der Waals surface area contributed by atoms with Crippen LogP contribution in [0.25, 0.3) is 0 Å². The number of rotatable bonds is 10. The van der Waals surface area contributed by atoms with E-state index in [4.69, 9.17) is 9.47 Å². The van der Waals surface area contributed by atoms with Crippen molar-refractivity contribution in [3.8, 4) is 5.75 Å². The van der Waals surface area contributed by atoms with Crippen molar-refractivity contribution in [3.05, 3.63) is 65.2 Å². The fourth-order valence-corrected chi connectivity index (χ4v) is 3.44. The quantitative estimate of drug-likeness (QED) is 0.233. The summed E-state index contributed by atoms with van der Waals surface area (Å²) in [5.74, 6) is 2.00. The van der Waals surface area contributed by atoms with Crippen LogP contribution < -0.4 is 20.7 Å². The molecule has 180 valence electrons. The number of nitrogens with one attached hydrogen (secondary N) is 3. The Morgan fingerprint density at radius 2 is 1.94 bits per heavy atom. The van der Waals surface area contributed by atoms with Gasteiger partial charge in [-0.05, 0) is 30.5 Å². The molecule has 1 fully saturated rings. The third kappa shape index (κ3) is 9.59. The van der Waals surface area contributed by atoms with E-state index in [0.29, 0.717) is 44.5 Å². The second-order valence-corrected chi connectivity index (χ2v) is 8.02. The Bertz CT molecular complexity index is 886. The molecule has 1 saturated heterocycles. The molecule has 1 atom stereocenters. The van der Waals surface area contributed by atoms with Gasteiger partial charge in [0.25, 0.3) is 0 Å². The average molecular weight is 566 g/mol. The summed E-state index contributed by atoms with van der Waals surface area (Å²) in [5.41, 5.74) is 3.32. The molecule has 0 aromatic heterocycles. The lowest BCUT2D eigenvalue weighted by molar-refractivity contribution is -0.121. The van der Waals surface area contributed by atoms with Gasteiger partial charge in [-0.2, -0.15) is 0 Å². The smallest absolute Gasteiger partial charge is 0.222 e. The van der Waals surface area contributed by atoms with Gasteiger partial charge in [0, 0.05) is 51.2 Å². The Kier molecular flexibility index (Phi) is 12.0. The highest BCUT2D eigenvalue weighted by Crippen LogP contribution is 2.22. The zero-order valence-electron chi connectivity index (χ0n) is 19.4. The largest absolute Gasteiger partial charge is 0.493 e. The van der Waals surface area contributed by atoms with E-state index in [1.165, 1.54) is 0 Å². The summed E-state index contributed by atoms with van der Waals surface area (Å²) in [6.07, 6.45) is 1.42. The zero-order valence-corrected chi connectivity index (χ0v) is 21.8. The monoisotopic (exact) mass is 566 g/mol. The number of hydrogen-bond donors (Lipinski definition) is 3. The van der Waals surface area contributed by atoms with Crippen LogP contribution in [-0.4, -0.2) is 45.3 Å². The maximum absolute atomic E-state index is 12.1. The van der Waals surface area contributed by atoms with Crippen molar-refractivity contribution in [1.82, 2.24) is 16.0 Å². The molecule has 0 aliphatic carbocycles. The van der Waals surface area contributed by atoms with Gasteiger partial charge in [-0.15, -0.1) is 24.0 Å². The Morgan fingerprint density at radius 1 is 1.12 bits per heavy atom. The molecule has 1 unspecified atom stereocenters. The molecule has 0 bridgehead atoms. The Morgan fingerprint density at radius 3 is 2.67 bits per heavy atom. The van der Waals surface area contributed by atoms with E-state index >= 15 is 0 Å². The van der Waals surface area contributed by atoms with Gasteiger partial charge in [-0.1, -0.05) is 42.5 Å². The van der Waals surface area contributed by atoms with Gasteiger partial charge in [-0.25, -0.2) is 0 Å². The van der Waals surface area contributed by atoms with Crippen molar-refractivity contribution in [3.63, 3.8) is 0 Å². The molecule has 1 amide bonds. The first-order valence-electron chi connectivity index (χ1n) is 11.2. The number of aliphatic imine (C=N–C) groups is 1. The second-order valence-electron chi connectivity index (χ2n) is 8.02. The first-order chi connectivity index (χ1) is 15.6. The highest BCUT2D eigenvalue weighted by atomic mass is 127. The number of guanidine groups is 1. The summed E-state index contributed by atoms with van der Waals surface area (Å²) in [5, 5.41) is 9.44. The molecule has 1 aliphatic heterocycles. The van der Waals surface area contributed by atoms with Crippen LogP contribution in [0.4, 0.5) is 0 Å². The molecule has 0 spiro atoms. The van der Waals surface area contributed by atoms with Crippen LogP contribution in [0.2, 0.25) is 0 Å². The highest BCUT2D eigenvalue weighted by molar-refractivity contribution is 14.0. The van der Waals surface area contributed by atoms with Gasteiger partial charge in [0.1, 0.15) is 5.75 Å². The summed E-state index contributed by atoms with van der Waals surface area (Å²) >= 11 is 0. The van der Waals surface area contributed by atoms with Crippen LogP contribution in [0.5, 0.6) is 5.75 Å². The molecular formula is C25H35IN4O3. The topological polar surface area (TPSA) is 84.0 Å². The van der Waals surface area contributed by atoms with Crippen LogP contribution in [0.1, 0.15) is 29.5 Å². The van der Waals surface area contributed by atoms with Gasteiger partial charge in [0.2, 0.25) is 5.91 Å². The van der Waals surface area contributed by atoms with Crippen LogP contribution >= 0.6 is 24.0 Å². The molecule has 3 rings (SSSR count). The molecule has 0 saturated carbocycles. The molecule has 7 nitrogen and oxygen atoms in total.